The van der Waals surface area contributed by atoms with Crippen molar-refractivity contribution in [3.05, 3.63) is 0 Å². The molecule has 0 saturated carbocycles. The summed E-state index contributed by atoms with van der Waals surface area (Å²) in [7, 11) is 0. The van der Waals surface area contributed by atoms with Gasteiger partial charge in [0.05, 0.1) is 24.7 Å². The fourth-order valence-electron chi connectivity index (χ4n) is 2.44. The van der Waals surface area contributed by atoms with Crippen LogP contribution in [-0.4, -0.2) is 64.9 Å². The summed E-state index contributed by atoms with van der Waals surface area (Å²) in [5, 5.41) is 12.8. The van der Waals surface area contributed by atoms with Gasteiger partial charge in [-0.2, -0.15) is 5.10 Å². The third-order valence-electron chi connectivity index (χ3n) is 3.66. The molecule has 0 aromatic heterocycles. The van der Waals surface area contributed by atoms with Crippen molar-refractivity contribution in [2.75, 3.05) is 26.2 Å². The molecule has 0 aliphatic carbocycles. The van der Waals surface area contributed by atoms with Gasteiger partial charge in [0.2, 0.25) is 0 Å². The summed E-state index contributed by atoms with van der Waals surface area (Å²) in [4.78, 5) is 15.9. The minimum atomic E-state index is -0.576. The molecule has 0 spiro atoms. The highest BCUT2D eigenvalue weighted by atomic mass is 16.2. The highest BCUT2D eigenvalue weighted by molar-refractivity contribution is 5.78. The smallest absolute Gasteiger partial charge is 0.321 e. The summed E-state index contributed by atoms with van der Waals surface area (Å²) in [6, 6.07) is 0.0794. The minimum absolute atomic E-state index is 0.00180. The van der Waals surface area contributed by atoms with Gasteiger partial charge in [-0.1, -0.05) is 11.1 Å². The van der Waals surface area contributed by atoms with Crippen LogP contribution in [0.1, 0.15) is 13.8 Å². The zero-order valence-corrected chi connectivity index (χ0v) is 11.7. The normalized spacial score (nSPS) is 23.8. The second-order valence-corrected chi connectivity index (χ2v) is 5.33. The van der Waals surface area contributed by atoms with Gasteiger partial charge < -0.3 is 15.6 Å². The Bertz CT molecular complexity index is 479. The Morgan fingerprint density at radius 3 is 2.85 bits per heavy atom. The molecule has 0 aromatic rings. The molecule has 8 nitrogen and oxygen atoms in total. The predicted octanol–water partition coefficient (Wildman–Crippen LogP) is 0.0892. The summed E-state index contributed by atoms with van der Waals surface area (Å²) in [6.45, 7) is 6.23. The van der Waals surface area contributed by atoms with Gasteiger partial charge in [-0.25, -0.2) is 4.79 Å². The van der Waals surface area contributed by atoms with Crippen molar-refractivity contribution in [1.29, 1.82) is 0 Å². The summed E-state index contributed by atoms with van der Waals surface area (Å²) in [6.07, 6.45) is 6.69. The molecule has 0 bridgehead atoms. The van der Waals surface area contributed by atoms with Crippen LogP contribution in [-0.2, 0) is 0 Å². The monoisotopic (exact) mass is 277 g/mol. The number of amides is 2. The van der Waals surface area contributed by atoms with Crippen LogP contribution in [0.4, 0.5) is 4.79 Å². The number of hydrogen-bond donors (Lipinski definition) is 1. The van der Waals surface area contributed by atoms with E-state index in [-0.39, 0.29) is 12.1 Å². The van der Waals surface area contributed by atoms with Crippen LogP contribution in [0.15, 0.2) is 15.4 Å². The lowest BCUT2D eigenvalue weighted by atomic mass is 10.0. The standard InChI is InChI=1S/C12H19N7O/c1-4-12(2,3)19-8-10-7-17(16-15-9-14-13)5-6-18(10)11(19)20/h1,9-10H,5-8,13H2,2-3H3. The molecule has 20 heavy (non-hydrogen) atoms. The van der Waals surface area contributed by atoms with Crippen LogP contribution >= 0.6 is 0 Å². The Hall–Kier alpha value is -2.30. The quantitative estimate of drug-likeness (QED) is 0.198. The maximum atomic E-state index is 12.4. The van der Waals surface area contributed by atoms with E-state index < -0.39 is 5.54 Å². The van der Waals surface area contributed by atoms with E-state index in [9.17, 15) is 4.79 Å². The van der Waals surface area contributed by atoms with Crippen LogP contribution in [0.5, 0.6) is 0 Å². The van der Waals surface area contributed by atoms with Crippen molar-refractivity contribution >= 4 is 12.4 Å². The number of terminal acetylenes is 1. The van der Waals surface area contributed by atoms with Gasteiger partial charge in [0.15, 0.2) is 6.34 Å². The van der Waals surface area contributed by atoms with E-state index in [0.29, 0.717) is 26.2 Å². The number of hydrazone groups is 1. The number of urea groups is 1. The van der Waals surface area contributed by atoms with E-state index in [1.807, 2.05) is 23.8 Å². The van der Waals surface area contributed by atoms with Gasteiger partial charge in [-0.3, -0.25) is 5.01 Å². The third-order valence-corrected chi connectivity index (χ3v) is 3.66. The van der Waals surface area contributed by atoms with Crippen molar-refractivity contribution in [2.24, 2.45) is 21.3 Å². The summed E-state index contributed by atoms with van der Waals surface area (Å²) in [5.41, 5.74) is -0.576. The molecule has 1 atom stereocenters. The topological polar surface area (TPSA) is 89.9 Å². The SMILES string of the molecule is C#CC(C)(C)N1CC2CN(N=NC=NN)CCN2C1=O. The van der Waals surface area contributed by atoms with E-state index in [2.05, 4.69) is 21.4 Å². The van der Waals surface area contributed by atoms with Crippen molar-refractivity contribution in [2.45, 2.75) is 25.4 Å². The molecule has 0 radical (unpaired) electrons. The number of piperazine rings is 1. The van der Waals surface area contributed by atoms with Crippen LogP contribution in [0, 0.1) is 12.3 Å². The lowest BCUT2D eigenvalue weighted by molar-refractivity contribution is 0.118. The summed E-state index contributed by atoms with van der Waals surface area (Å²) in [5.74, 6) is 7.62. The Balaban J connectivity index is 2.05. The van der Waals surface area contributed by atoms with Crippen molar-refractivity contribution in [3.8, 4) is 12.3 Å². The van der Waals surface area contributed by atoms with Gasteiger partial charge in [0.1, 0.15) is 0 Å². The lowest BCUT2D eigenvalue weighted by Gasteiger charge is -2.33. The molecule has 2 fully saturated rings. The molecule has 2 saturated heterocycles. The summed E-state index contributed by atoms with van der Waals surface area (Å²) < 4.78 is 0. The van der Waals surface area contributed by atoms with Gasteiger partial charge >= 0.3 is 6.03 Å². The first-order valence-corrected chi connectivity index (χ1v) is 6.43. The van der Waals surface area contributed by atoms with E-state index in [0.717, 1.165) is 0 Å². The number of nitrogens with zero attached hydrogens (tertiary/aromatic N) is 6. The molecule has 2 heterocycles. The largest absolute Gasteiger partial charge is 0.322 e. The molecule has 8 heteroatoms. The highest BCUT2D eigenvalue weighted by Gasteiger charge is 2.45. The lowest BCUT2D eigenvalue weighted by Crippen LogP contribution is -2.50. The molecule has 0 aromatic carbocycles. The Kier molecular flexibility index (Phi) is 3.79. The summed E-state index contributed by atoms with van der Waals surface area (Å²) >= 11 is 0. The zero-order valence-electron chi connectivity index (χ0n) is 11.7. The number of rotatable bonds is 3. The molecule has 1 unspecified atom stereocenters. The van der Waals surface area contributed by atoms with Crippen molar-refractivity contribution in [1.82, 2.24) is 14.8 Å². The molecular formula is C12H19N7O. The first-order chi connectivity index (χ1) is 9.49. The average molecular weight is 277 g/mol. The van der Waals surface area contributed by atoms with Gasteiger partial charge in [0.25, 0.3) is 0 Å². The Morgan fingerprint density at radius 1 is 1.45 bits per heavy atom. The molecule has 2 aliphatic rings. The number of carbonyl (C=O) groups is 1. The maximum Gasteiger partial charge on any atom is 0.321 e. The maximum absolute atomic E-state index is 12.4. The highest BCUT2D eigenvalue weighted by Crippen LogP contribution is 2.26. The third kappa shape index (κ3) is 2.52. The first kappa shape index (κ1) is 14.1. The molecule has 2 amide bonds. The first-order valence-electron chi connectivity index (χ1n) is 6.43. The average Bonchev–Trinajstić information content (AvgIpc) is 2.77. The van der Waals surface area contributed by atoms with Crippen molar-refractivity contribution < 1.29 is 4.79 Å². The van der Waals surface area contributed by atoms with Crippen LogP contribution < -0.4 is 5.84 Å². The second kappa shape index (κ2) is 5.36. The predicted molar refractivity (Wildman–Crippen MR) is 74.6 cm³/mol. The van der Waals surface area contributed by atoms with Crippen LogP contribution in [0.2, 0.25) is 0 Å². The molecular weight excluding hydrogens is 258 g/mol. The molecule has 108 valence electrons. The number of carbonyl (C=O) groups excluding carboxylic acids is 1. The zero-order chi connectivity index (χ0) is 14.8. The van der Waals surface area contributed by atoms with E-state index in [1.54, 1.807) is 4.90 Å². The fourth-order valence-corrected chi connectivity index (χ4v) is 2.44. The van der Waals surface area contributed by atoms with Gasteiger partial charge in [-0.15, -0.1) is 11.5 Å². The Morgan fingerprint density at radius 2 is 2.20 bits per heavy atom. The van der Waals surface area contributed by atoms with Crippen molar-refractivity contribution in [3.63, 3.8) is 0 Å². The molecule has 2 N–H and O–H groups in total. The van der Waals surface area contributed by atoms with E-state index in [4.69, 9.17) is 12.3 Å². The Labute approximate surface area is 118 Å². The van der Waals surface area contributed by atoms with E-state index in [1.165, 1.54) is 6.34 Å². The molecule has 2 aliphatic heterocycles. The minimum Gasteiger partial charge on any atom is -0.322 e. The number of fused-ring (bicyclic) bond motifs is 1. The number of hydrogen-bond acceptors (Lipinski definition) is 4. The fraction of sp³-hybridized carbons (Fsp3) is 0.667. The number of nitrogens with two attached hydrogens (primary N) is 1. The molecule has 2 rings (SSSR count). The van der Waals surface area contributed by atoms with Gasteiger partial charge in [0, 0.05) is 13.1 Å². The van der Waals surface area contributed by atoms with Gasteiger partial charge in [-0.05, 0) is 13.8 Å². The second-order valence-electron chi connectivity index (χ2n) is 5.33. The van der Waals surface area contributed by atoms with E-state index >= 15 is 0 Å². The van der Waals surface area contributed by atoms with Crippen LogP contribution in [0.3, 0.4) is 0 Å². The van der Waals surface area contributed by atoms with Crippen LogP contribution in [0.25, 0.3) is 0 Å².